The Labute approximate surface area is 214 Å². The number of aliphatic hydroxyl groups excluding tert-OH is 1. The van der Waals surface area contributed by atoms with Crippen LogP contribution >= 0.6 is 11.8 Å². The maximum atomic E-state index is 12.6. The van der Waals surface area contributed by atoms with E-state index in [4.69, 9.17) is 9.52 Å². The van der Waals surface area contributed by atoms with Crippen LogP contribution in [0.4, 0.5) is 4.79 Å². The first-order valence-corrected chi connectivity index (χ1v) is 12.0. The Hall–Kier alpha value is -3.66. The number of furan rings is 1. The first kappa shape index (κ1) is 26.9. The number of carbonyl (C=O) groups excluding carboxylic acids is 3. The fourth-order valence-corrected chi connectivity index (χ4v) is 4.01. The lowest BCUT2D eigenvalue weighted by Crippen LogP contribution is -2.36. The lowest BCUT2D eigenvalue weighted by Gasteiger charge is -2.21. The number of aliphatic hydroxyl groups is 1. The predicted molar refractivity (Wildman–Crippen MR) is 136 cm³/mol. The fraction of sp³-hybridized carbons (Fsp3) is 0.222. The quantitative estimate of drug-likeness (QED) is 0.385. The van der Waals surface area contributed by atoms with Crippen molar-refractivity contribution in [2.45, 2.75) is 6.54 Å². The summed E-state index contributed by atoms with van der Waals surface area (Å²) in [6.07, 6.45) is 1.54. The number of carboxylic acid groups (broad SMARTS) is 1. The van der Waals surface area contributed by atoms with Gasteiger partial charge in [0.15, 0.2) is 0 Å². The molecular formula is C27H28N2O6S. The van der Waals surface area contributed by atoms with E-state index in [2.05, 4.69) is 21.1 Å². The highest BCUT2D eigenvalue weighted by Gasteiger charge is 2.35. The van der Waals surface area contributed by atoms with Gasteiger partial charge in [-0.05, 0) is 35.0 Å². The molecule has 1 saturated heterocycles. The van der Waals surface area contributed by atoms with Crippen LogP contribution in [-0.2, 0) is 11.3 Å². The van der Waals surface area contributed by atoms with Crippen molar-refractivity contribution < 1.29 is 33.5 Å². The number of imide groups is 1. The molecule has 1 fully saturated rings. The van der Waals surface area contributed by atoms with E-state index < -0.39 is 5.97 Å². The van der Waals surface area contributed by atoms with Gasteiger partial charge in [-0.2, -0.15) is 0 Å². The van der Waals surface area contributed by atoms with E-state index in [-0.39, 0.29) is 29.9 Å². The first-order chi connectivity index (χ1) is 17.1. The smallest absolute Gasteiger partial charge is 0.293 e. The van der Waals surface area contributed by atoms with Crippen molar-refractivity contribution in [1.29, 1.82) is 0 Å². The fourth-order valence-electron chi connectivity index (χ4n) is 3.19. The number of carboxylic acids is 1. The van der Waals surface area contributed by atoms with E-state index in [1.54, 1.807) is 24.3 Å². The van der Waals surface area contributed by atoms with E-state index in [1.807, 2.05) is 30.3 Å². The number of likely N-dealkylation sites (N-methyl/N-ethyl adjacent to an activating group) is 1. The second-order valence-corrected chi connectivity index (χ2v) is 10.1. The third kappa shape index (κ3) is 7.42. The lowest BCUT2D eigenvalue weighted by atomic mass is 10.1. The zero-order valence-corrected chi connectivity index (χ0v) is 21.2. The Bertz CT molecular complexity index is 1240. The van der Waals surface area contributed by atoms with Crippen LogP contribution in [0.2, 0.25) is 0 Å². The lowest BCUT2D eigenvalue weighted by molar-refractivity contribution is -0.870. The topological polar surface area (TPSA) is 111 Å². The Morgan fingerprint density at radius 3 is 2.25 bits per heavy atom. The summed E-state index contributed by atoms with van der Waals surface area (Å²) in [4.78, 5) is 37.2. The molecule has 8 nitrogen and oxygen atoms in total. The molecule has 1 aliphatic rings. The Morgan fingerprint density at radius 2 is 1.69 bits per heavy atom. The molecule has 3 aromatic rings. The molecule has 188 valence electrons. The van der Waals surface area contributed by atoms with Gasteiger partial charge in [-0.15, -0.1) is 0 Å². The van der Waals surface area contributed by atoms with Gasteiger partial charge in [-0.1, -0.05) is 54.6 Å². The van der Waals surface area contributed by atoms with Gasteiger partial charge >= 0.3 is 0 Å². The van der Waals surface area contributed by atoms with Gasteiger partial charge in [0.05, 0.1) is 45.2 Å². The van der Waals surface area contributed by atoms with Gasteiger partial charge in [0.25, 0.3) is 11.1 Å². The van der Waals surface area contributed by atoms with Crippen molar-refractivity contribution in [1.82, 2.24) is 4.90 Å². The van der Waals surface area contributed by atoms with Crippen LogP contribution in [0.15, 0.2) is 76.1 Å². The minimum absolute atomic E-state index is 0.0765. The third-order valence-corrected chi connectivity index (χ3v) is 6.04. The van der Waals surface area contributed by atoms with Crippen LogP contribution in [0.3, 0.4) is 0 Å². The summed E-state index contributed by atoms with van der Waals surface area (Å²) in [7, 11) is 6.16. The van der Waals surface area contributed by atoms with Gasteiger partial charge in [-0.3, -0.25) is 14.5 Å². The van der Waals surface area contributed by atoms with Gasteiger partial charge in [-0.25, -0.2) is 0 Å². The summed E-state index contributed by atoms with van der Waals surface area (Å²) < 4.78 is 6.58. The first-order valence-electron chi connectivity index (χ1n) is 11.2. The number of hydrogen-bond donors (Lipinski definition) is 1. The van der Waals surface area contributed by atoms with Crippen LogP contribution < -0.4 is 5.11 Å². The number of carbonyl (C=O) groups is 3. The molecule has 0 bridgehead atoms. The summed E-state index contributed by atoms with van der Waals surface area (Å²) in [5, 5.41) is 18.9. The molecule has 0 unspecified atom stereocenters. The second-order valence-electron chi connectivity index (χ2n) is 9.06. The van der Waals surface area contributed by atoms with E-state index in [0.29, 0.717) is 22.0 Å². The van der Waals surface area contributed by atoms with E-state index in [1.165, 1.54) is 23.1 Å². The molecule has 0 aliphatic carbocycles. The number of aromatic carboxylic acids is 1. The van der Waals surface area contributed by atoms with Gasteiger partial charge in [0.2, 0.25) is 0 Å². The van der Waals surface area contributed by atoms with Crippen LogP contribution in [0, 0.1) is 0 Å². The molecule has 1 aliphatic heterocycles. The number of thioether (sulfide) groups is 1. The minimum Gasteiger partial charge on any atom is -0.545 e. The van der Waals surface area contributed by atoms with Crippen molar-refractivity contribution in [2.75, 3.05) is 34.3 Å². The van der Waals surface area contributed by atoms with Gasteiger partial charge in [0.1, 0.15) is 18.1 Å². The predicted octanol–water partition coefficient (Wildman–Crippen LogP) is 3.23. The van der Waals surface area contributed by atoms with Crippen LogP contribution in [-0.4, -0.2) is 65.9 Å². The summed E-state index contributed by atoms with van der Waals surface area (Å²) in [5.41, 5.74) is 1.63. The number of rotatable bonds is 7. The standard InChI is InChI=1S/C22H15NO5S.C5H14NO/c24-20-19(29-22(27)23(20)13-14-4-2-1-3-5-14)12-17-10-11-18(28-17)15-6-8-16(9-7-15)21(25)26;1-6(2,3)4-5-7/h1-12H,13H2,(H,25,26);7H,4-5H2,1-3H3/q;+1/p-1/b19-12+;. The Morgan fingerprint density at radius 1 is 1.03 bits per heavy atom. The molecular weight excluding hydrogens is 480 g/mol. The second kappa shape index (κ2) is 11.9. The number of nitrogens with zero attached hydrogens (tertiary/aromatic N) is 2. The third-order valence-electron chi connectivity index (χ3n) is 5.13. The molecule has 1 aromatic heterocycles. The number of hydrogen-bond acceptors (Lipinski definition) is 7. The average molecular weight is 509 g/mol. The molecule has 2 amide bonds. The van der Waals surface area contributed by atoms with E-state index in [0.717, 1.165) is 28.4 Å². The van der Waals surface area contributed by atoms with Crippen molar-refractivity contribution >= 4 is 35.0 Å². The highest BCUT2D eigenvalue weighted by molar-refractivity contribution is 8.18. The Balaban J connectivity index is 0.000000454. The molecule has 4 rings (SSSR count). The molecule has 2 heterocycles. The molecule has 2 aromatic carbocycles. The van der Waals surface area contributed by atoms with E-state index >= 15 is 0 Å². The molecule has 0 spiro atoms. The zero-order chi connectivity index (χ0) is 26.3. The summed E-state index contributed by atoms with van der Waals surface area (Å²) in [6, 6.07) is 18.8. The highest BCUT2D eigenvalue weighted by Crippen LogP contribution is 2.34. The molecule has 36 heavy (non-hydrogen) atoms. The van der Waals surface area contributed by atoms with Crippen molar-refractivity contribution in [3.05, 3.63) is 88.5 Å². The summed E-state index contributed by atoms with van der Waals surface area (Å²) in [5.74, 6) is -0.665. The molecule has 0 saturated carbocycles. The zero-order valence-electron chi connectivity index (χ0n) is 20.3. The molecule has 9 heteroatoms. The van der Waals surface area contributed by atoms with Crippen molar-refractivity contribution in [3.8, 4) is 11.3 Å². The normalized spacial score (nSPS) is 14.7. The van der Waals surface area contributed by atoms with Crippen LogP contribution in [0.25, 0.3) is 17.4 Å². The summed E-state index contributed by atoms with van der Waals surface area (Å²) in [6.45, 7) is 1.33. The van der Waals surface area contributed by atoms with E-state index in [9.17, 15) is 19.5 Å². The molecule has 0 atom stereocenters. The van der Waals surface area contributed by atoms with Crippen molar-refractivity contribution in [2.24, 2.45) is 0 Å². The largest absolute Gasteiger partial charge is 0.545 e. The number of amides is 2. The van der Waals surface area contributed by atoms with Crippen LogP contribution in [0.1, 0.15) is 21.7 Å². The Kier molecular flexibility index (Phi) is 8.87. The van der Waals surface area contributed by atoms with Crippen LogP contribution in [0.5, 0.6) is 0 Å². The van der Waals surface area contributed by atoms with Gasteiger partial charge < -0.3 is 23.9 Å². The maximum Gasteiger partial charge on any atom is 0.293 e. The number of quaternary nitrogens is 1. The SMILES string of the molecule is C[N+](C)(C)CCO.O=C([O-])c1ccc(-c2ccc(/C=C3/SC(=O)N(Cc4ccccc4)C3=O)o2)cc1. The average Bonchev–Trinajstić information content (AvgIpc) is 3.40. The molecule has 0 radical (unpaired) electrons. The number of benzene rings is 2. The maximum absolute atomic E-state index is 12.6. The van der Waals surface area contributed by atoms with Crippen molar-refractivity contribution in [3.63, 3.8) is 0 Å². The van der Waals surface area contributed by atoms with Gasteiger partial charge in [0, 0.05) is 11.6 Å². The highest BCUT2D eigenvalue weighted by atomic mass is 32.2. The molecule has 1 N–H and O–H groups in total. The summed E-state index contributed by atoms with van der Waals surface area (Å²) >= 11 is 0.872. The minimum atomic E-state index is -1.25. The monoisotopic (exact) mass is 508 g/mol.